The van der Waals surface area contributed by atoms with Gasteiger partial charge in [-0.3, -0.25) is 9.59 Å². The van der Waals surface area contributed by atoms with Gasteiger partial charge < -0.3 is 0 Å². The van der Waals surface area contributed by atoms with E-state index in [4.69, 9.17) is 0 Å². The zero-order valence-corrected chi connectivity index (χ0v) is 18.6. The van der Waals surface area contributed by atoms with Crippen molar-refractivity contribution < 1.29 is 9.59 Å². The first kappa shape index (κ1) is 21.5. The van der Waals surface area contributed by atoms with E-state index in [2.05, 4.69) is 31.1 Å². The Morgan fingerprint density at radius 2 is 1.07 bits per heavy atom. The molecule has 0 fully saturated rings. The molecule has 30 heavy (non-hydrogen) atoms. The van der Waals surface area contributed by atoms with Crippen molar-refractivity contribution in [1.29, 1.82) is 0 Å². The van der Waals surface area contributed by atoms with Gasteiger partial charge in [-0.2, -0.15) is 0 Å². The number of benzene rings is 3. The standard InChI is InChI=1S/C27H26O2Si/c1-30(2,3)20-19-24(21-13-7-4-8-14-21)25(26(28)22-15-9-5-10-16-22)27(29)23-17-11-6-12-18-23/h4-18,24-25H,1-3H3. The van der Waals surface area contributed by atoms with Gasteiger partial charge in [-0.15, -0.1) is 11.5 Å². The molecule has 0 aliphatic rings. The van der Waals surface area contributed by atoms with Crippen molar-refractivity contribution in [3.63, 3.8) is 0 Å². The summed E-state index contributed by atoms with van der Waals surface area (Å²) in [4.78, 5) is 27.2. The lowest BCUT2D eigenvalue weighted by Crippen LogP contribution is -2.31. The molecule has 3 aromatic carbocycles. The average Bonchev–Trinajstić information content (AvgIpc) is 2.77. The van der Waals surface area contributed by atoms with Gasteiger partial charge in [0.1, 0.15) is 14.0 Å². The third kappa shape index (κ3) is 5.43. The molecule has 0 bridgehead atoms. The minimum Gasteiger partial charge on any atom is -0.293 e. The van der Waals surface area contributed by atoms with Crippen LogP contribution in [-0.4, -0.2) is 19.6 Å². The second kappa shape index (κ2) is 9.52. The quantitative estimate of drug-likeness (QED) is 0.215. The topological polar surface area (TPSA) is 34.1 Å². The monoisotopic (exact) mass is 410 g/mol. The van der Waals surface area contributed by atoms with Gasteiger partial charge in [0, 0.05) is 11.1 Å². The first-order chi connectivity index (χ1) is 14.4. The van der Waals surface area contributed by atoms with Crippen LogP contribution in [0.5, 0.6) is 0 Å². The Kier molecular flexibility index (Phi) is 6.82. The molecule has 0 saturated heterocycles. The third-order valence-corrected chi connectivity index (χ3v) is 5.67. The van der Waals surface area contributed by atoms with Gasteiger partial charge in [0.25, 0.3) is 0 Å². The van der Waals surface area contributed by atoms with Crippen molar-refractivity contribution in [3.8, 4) is 11.5 Å². The van der Waals surface area contributed by atoms with Gasteiger partial charge in [0.2, 0.25) is 0 Å². The highest BCUT2D eigenvalue weighted by Gasteiger charge is 2.36. The van der Waals surface area contributed by atoms with E-state index in [1.54, 1.807) is 24.3 Å². The van der Waals surface area contributed by atoms with E-state index in [0.717, 1.165) is 5.56 Å². The van der Waals surface area contributed by atoms with Crippen molar-refractivity contribution >= 4 is 19.6 Å². The molecule has 0 aliphatic heterocycles. The summed E-state index contributed by atoms with van der Waals surface area (Å²) in [7, 11) is -1.71. The molecule has 1 atom stereocenters. The molecule has 3 heteroatoms. The summed E-state index contributed by atoms with van der Waals surface area (Å²) in [6, 6.07) is 27.8. The van der Waals surface area contributed by atoms with Gasteiger partial charge in [0.15, 0.2) is 11.6 Å². The Morgan fingerprint density at radius 1 is 0.667 bits per heavy atom. The highest BCUT2D eigenvalue weighted by Crippen LogP contribution is 2.31. The number of Topliss-reactive ketones (excluding diaryl/α,β-unsaturated/α-hetero) is 2. The van der Waals surface area contributed by atoms with Crippen LogP contribution in [0.3, 0.4) is 0 Å². The summed E-state index contributed by atoms with van der Waals surface area (Å²) in [6.45, 7) is 6.49. The summed E-state index contributed by atoms with van der Waals surface area (Å²) >= 11 is 0. The summed E-state index contributed by atoms with van der Waals surface area (Å²) in [6.07, 6.45) is 0. The van der Waals surface area contributed by atoms with Gasteiger partial charge in [-0.05, 0) is 5.56 Å². The zero-order valence-electron chi connectivity index (χ0n) is 17.6. The Morgan fingerprint density at radius 3 is 1.47 bits per heavy atom. The SMILES string of the molecule is C[Si](C)(C)C#CC(c1ccccc1)C(C(=O)c1ccccc1)C(=O)c1ccccc1. The first-order valence-corrected chi connectivity index (χ1v) is 13.6. The van der Waals surface area contributed by atoms with Crippen molar-refractivity contribution in [2.75, 3.05) is 0 Å². The number of hydrogen-bond acceptors (Lipinski definition) is 2. The van der Waals surface area contributed by atoms with Crippen LogP contribution in [0.15, 0.2) is 91.0 Å². The lowest BCUT2D eigenvalue weighted by molar-refractivity contribution is 0.0797. The van der Waals surface area contributed by atoms with Crippen molar-refractivity contribution in [2.24, 2.45) is 5.92 Å². The van der Waals surface area contributed by atoms with Crippen LogP contribution in [0.25, 0.3) is 0 Å². The Labute approximate surface area is 180 Å². The predicted molar refractivity (Wildman–Crippen MR) is 125 cm³/mol. The molecule has 0 heterocycles. The Hall–Kier alpha value is -3.22. The largest absolute Gasteiger partial charge is 0.293 e. The van der Waals surface area contributed by atoms with E-state index in [-0.39, 0.29) is 11.6 Å². The first-order valence-electron chi connectivity index (χ1n) is 10.1. The summed E-state index contributed by atoms with van der Waals surface area (Å²) < 4.78 is 0. The fraction of sp³-hybridized carbons (Fsp3) is 0.185. The van der Waals surface area contributed by atoms with E-state index in [1.807, 2.05) is 66.7 Å². The number of ketones is 2. The average molecular weight is 411 g/mol. The lowest BCUT2D eigenvalue weighted by atomic mass is 9.77. The fourth-order valence-corrected chi connectivity index (χ4v) is 3.89. The molecule has 0 saturated carbocycles. The van der Waals surface area contributed by atoms with Crippen molar-refractivity contribution in [2.45, 2.75) is 25.6 Å². The normalized spacial score (nSPS) is 12.0. The van der Waals surface area contributed by atoms with Gasteiger partial charge >= 0.3 is 0 Å². The number of carbonyl (C=O) groups is 2. The summed E-state index contributed by atoms with van der Waals surface area (Å²) in [5.74, 6) is 1.56. The molecule has 0 aliphatic carbocycles. The maximum absolute atomic E-state index is 13.6. The maximum atomic E-state index is 13.6. The van der Waals surface area contributed by atoms with Gasteiger partial charge in [0.05, 0.1) is 5.92 Å². The number of rotatable bonds is 6. The van der Waals surface area contributed by atoms with E-state index in [0.29, 0.717) is 11.1 Å². The van der Waals surface area contributed by atoms with Gasteiger partial charge in [-0.1, -0.05) is 111 Å². The number of carbonyl (C=O) groups excluding carboxylic acids is 2. The van der Waals surface area contributed by atoms with Crippen molar-refractivity contribution in [3.05, 3.63) is 108 Å². The van der Waals surface area contributed by atoms with Crippen LogP contribution in [-0.2, 0) is 0 Å². The highest BCUT2D eigenvalue weighted by atomic mass is 28.3. The van der Waals surface area contributed by atoms with Crippen LogP contribution in [0, 0.1) is 17.4 Å². The lowest BCUT2D eigenvalue weighted by Gasteiger charge is -2.22. The molecular weight excluding hydrogens is 384 g/mol. The fourth-order valence-electron chi connectivity index (χ4n) is 3.30. The van der Waals surface area contributed by atoms with Gasteiger partial charge in [-0.25, -0.2) is 0 Å². The third-order valence-electron chi connectivity index (χ3n) is 4.78. The Balaban J connectivity index is 2.17. The molecule has 0 radical (unpaired) electrons. The van der Waals surface area contributed by atoms with Crippen LogP contribution < -0.4 is 0 Å². The van der Waals surface area contributed by atoms with E-state index >= 15 is 0 Å². The second-order valence-corrected chi connectivity index (χ2v) is 13.1. The minimum absolute atomic E-state index is 0.191. The molecule has 3 aromatic rings. The molecule has 0 spiro atoms. The smallest absolute Gasteiger partial charge is 0.175 e. The van der Waals surface area contributed by atoms with Crippen LogP contribution >= 0.6 is 0 Å². The van der Waals surface area contributed by atoms with E-state index in [9.17, 15) is 9.59 Å². The summed E-state index contributed by atoms with van der Waals surface area (Å²) in [5, 5.41) is 0. The van der Waals surface area contributed by atoms with Crippen LogP contribution in [0.2, 0.25) is 19.6 Å². The minimum atomic E-state index is -1.71. The van der Waals surface area contributed by atoms with Crippen molar-refractivity contribution in [1.82, 2.24) is 0 Å². The summed E-state index contributed by atoms with van der Waals surface area (Å²) in [5.41, 5.74) is 5.35. The molecule has 0 aromatic heterocycles. The Bertz CT molecular complexity index is 1000. The molecule has 0 N–H and O–H groups in total. The van der Waals surface area contributed by atoms with Crippen LogP contribution in [0.1, 0.15) is 32.2 Å². The molecule has 2 nitrogen and oxygen atoms in total. The number of hydrogen-bond donors (Lipinski definition) is 0. The van der Waals surface area contributed by atoms with E-state index < -0.39 is 19.9 Å². The molecule has 3 rings (SSSR count). The van der Waals surface area contributed by atoms with E-state index in [1.165, 1.54) is 0 Å². The molecule has 1 unspecified atom stereocenters. The molecular formula is C27H26O2Si. The molecule has 150 valence electrons. The predicted octanol–water partition coefficient (Wildman–Crippen LogP) is 6.03. The zero-order chi connectivity index (χ0) is 21.6. The van der Waals surface area contributed by atoms with Crippen LogP contribution in [0.4, 0.5) is 0 Å². The second-order valence-electron chi connectivity index (χ2n) is 8.35. The highest BCUT2D eigenvalue weighted by molar-refractivity contribution is 6.83. The maximum Gasteiger partial charge on any atom is 0.175 e. The molecule has 0 amide bonds.